The van der Waals surface area contributed by atoms with Gasteiger partial charge in [-0.2, -0.15) is 26.3 Å². The third-order valence-electron chi connectivity index (χ3n) is 3.02. The van der Waals surface area contributed by atoms with Gasteiger partial charge in [0, 0.05) is 6.21 Å². The Hall–Kier alpha value is -1.54. The quantitative estimate of drug-likeness (QED) is 0.797. The van der Waals surface area contributed by atoms with Crippen LogP contribution in [0.2, 0.25) is 0 Å². The molecule has 0 aromatic heterocycles. The number of nitrogens with zero attached hydrogens (tertiary/aromatic N) is 1. The lowest BCUT2D eigenvalue weighted by molar-refractivity contribution is -0.166. The van der Waals surface area contributed by atoms with Crippen molar-refractivity contribution in [3.8, 4) is 0 Å². The molecule has 1 atom stereocenters. The molecule has 0 aromatic rings. The average molecular weight is 302 g/mol. The second-order valence-electron chi connectivity index (χ2n) is 4.80. The summed E-state index contributed by atoms with van der Waals surface area (Å²) in [5.74, 6) is -3.01. The van der Waals surface area contributed by atoms with Crippen molar-refractivity contribution in [2.75, 3.05) is 0 Å². The van der Waals surface area contributed by atoms with Crippen LogP contribution in [0.3, 0.4) is 0 Å². The summed E-state index contributed by atoms with van der Waals surface area (Å²) in [6.07, 6.45) is -10.2. The molecule has 1 unspecified atom stereocenters. The highest BCUT2D eigenvalue weighted by Crippen LogP contribution is 2.35. The molecule has 3 nitrogen and oxygen atoms in total. The molecule has 0 radical (unpaired) electrons. The van der Waals surface area contributed by atoms with Gasteiger partial charge in [0.15, 0.2) is 0 Å². The fraction of sp³-hybridized carbons (Fsp3) is 0.636. The van der Waals surface area contributed by atoms with Gasteiger partial charge in [-0.15, -0.1) is 0 Å². The number of halogens is 6. The standard InChI is InChI=1S/C11H12F6N2O/c1-5(2)9(3)18-4-6(8(20)11(15,16)17)7(19-9)10(12,13)14/h4-5,19H,1-3H3. The van der Waals surface area contributed by atoms with E-state index in [2.05, 4.69) is 4.99 Å². The van der Waals surface area contributed by atoms with Gasteiger partial charge >= 0.3 is 12.4 Å². The van der Waals surface area contributed by atoms with Crippen LogP contribution >= 0.6 is 0 Å². The average Bonchev–Trinajstić information content (AvgIpc) is 2.25. The minimum atomic E-state index is -5.40. The summed E-state index contributed by atoms with van der Waals surface area (Å²) >= 11 is 0. The van der Waals surface area contributed by atoms with Crippen molar-refractivity contribution < 1.29 is 31.1 Å². The molecule has 0 fully saturated rings. The molecule has 0 saturated carbocycles. The maximum atomic E-state index is 12.8. The summed E-state index contributed by atoms with van der Waals surface area (Å²) in [6, 6.07) is 0. The summed E-state index contributed by atoms with van der Waals surface area (Å²) < 4.78 is 75.5. The molecule has 0 aromatic carbocycles. The van der Waals surface area contributed by atoms with Crippen molar-refractivity contribution in [3.05, 3.63) is 11.3 Å². The fourth-order valence-electron chi connectivity index (χ4n) is 1.46. The molecule has 0 amide bonds. The summed E-state index contributed by atoms with van der Waals surface area (Å²) in [4.78, 5) is 14.7. The smallest absolute Gasteiger partial charge is 0.357 e. The predicted molar refractivity (Wildman–Crippen MR) is 59.0 cm³/mol. The van der Waals surface area contributed by atoms with Gasteiger partial charge in [0.2, 0.25) is 0 Å². The molecule has 0 aliphatic carbocycles. The van der Waals surface area contributed by atoms with E-state index < -0.39 is 41.0 Å². The van der Waals surface area contributed by atoms with Gasteiger partial charge in [0.05, 0.1) is 5.57 Å². The van der Waals surface area contributed by atoms with E-state index in [1.807, 2.05) is 5.32 Å². The highest BCUT2D eigenvalue weighted by molar-refractivity contribution is 6.16. The molecule has 0 bridgehead atoms. The van der Waals surface area contributed by atoms with E-state index in [0.29, 0.717) is 6.21 Å². The van der Waals surface area contributed by atoms with Crippen LogP contribution in [0.4, 0.5) is 26.3 Å². The first-order chi connectivity index (χ1) is 8.79. The zero-order valence-corrected chi connectivity index (χ0v) is 10.8. The number of Topliss-reactive ketones (excluding diaryl/α,β-unsaturated/α-hetero) is 1. The monoisotopic (exact) mass is 302 g/mol. The Balaban J connectivity index is 3.36. The molecule has 1 N–H and O–H groups in total. The van der Waals surface area contributed by atoms with E-state index >= 15 is 0 Å². The van der Waals surface area contributed by atoms with Gasteiger partial charge < -0.3 is 5.32 Å². The van der Waals surface area contributed by atoms with Gasteiger partial charge in [-0.1, -0.05) is 13.8 Å². The van der Waals surface area contributed by atoms with Gasteiger partial charge in [0.25, 0.3) is 5.78 Å². The predicted octanol–water partition coefficient (Wildman–Crippen LogP) is 2.98. The van der Waals surface area contributed by atoms with Crippen LogP contribution < -0.4 is 5.32 Å². The Bertz CT molecular complexity index is 474. The SMILES string of the molecule is CC(C)C1(C)N=CC(C(=O)C(F)(F)F)=C(C(F)(F)F)N1. The van der Waals surface area contributed by atoms with Crippen LogP contribution in [-0.4, -0.2) is 30.0 Å². The number of carbonyl (C=O) groups is 1. The van der Waals surface area contributed by atoms with E-state index in [1.54, 1.807) is 13.8 Å². The van der Waals surface area contributed by atoms with E-state index in [0.717, 1.165) is 0 Å². The number of aliphatic imine (C=N–C) groups is 1. The molecule has 0 spiro atoms. The number of hydrogen-bond donors (Lipinski definition) is 1. The first-order valence-electron chi connectivity index (χ1n) is 5.55. The lowest BCUT2D eigenvalue weighted by Crippen LogP contribution is -2.51. The van der Waals surface area contributed by atoms with E-state index in [-0.39, 0.29) is 0 Å². The molecule has 1 rings (SSSR count). The van der Waals surface area contributed by atoms with Crippen LogP contribution in [0.5, 0.6) is 0 Å². The van der Waals surface area contributed by atoms with Crippen molar-refractivity contribution >= 4 is 12.0 Å². The van der Waals surface area contributed by atoms with Crippen LogP contribution in [0.15, 0.2) is 16.3 Å². The Kier molecular flexibility index (Phi) is 3.95. The maximum Gasteiger partial charge on any atom is 0.455 e. The van der Waals surface area contributed by atoms with Gasteiger partial charge in [-0.3, -0.25) is 9.79 Å². The van der Waals surface area contributed by atoms with Gasteiger partial charge in [-0.25, -0.2) is 0 Å². The summed E-state index contributed by atoms with van der Waals surface area (Å²) in [5.41, 5.74) is -4.67. The van der Waals surface area contributed by atoms with Gasteiger partial charge in [-0.05, 0) is 12.8 Å². The first-order valence-corrected chi connectivity index (χ1v) is 5.55. The zero-order valence-electron chi connectivity index (χ0n) is 10.8. The molecule has 0 saturated heterocycles. The van der Waals surface area contributed by atoms with Crippen LogP contribution in [0.1, 0.15) is 20.8 Å². The molecular formula is C11H12F6N2O. The van der Waals surface area contributed by atoms with Crippen LogP contribution in [0, 0.1) is 5.92 Å². The normalized spacial score (nSPS) is 24.1. The third-order valence-corrected chi connectivity index (χ3v) is 3.02. The molecule has 1 aliphatic rings. The lowest BCUT2D eigenvalue weighted by atomic mass is 9.94. The Labute approximate surface area is 110 Å². The summed E-state index contributed by atoms with van der Waals surface area (Å²) in [7, 11) is 0. The second kappa shape index (κ2) is 4.78. The highest BCUT2D eigenvalue weighted by Gasteiger charge is 2.49. The molecule has 1 heterocycles. The number of allylic oxidation sites excluding steroid dienone is 2. The number of ketones is 1. The third kappa shape index (κ3) is 3.13. The highest BCUT2D eigenvalue weighted by atomic mass is 19.4. The second-order valence-corrected chi connectivity index (χ2v) is 4.80. The molecule has 1 aliphatic heterocycles. The number of nitrogens with one attached hydrogen (secondary N) is 1. The largest absolute Gasteiger partial charge is 0.455 e. The molecule has 9 heteroatoms. The fourth-order valence-corrected chi connectivity index (χ4v) is 1.46. The number of rotatable bonds is 2. The molecule has 114 valence electrons. The summed E-state index contributed by atoms with van der Waals surface area (Å²) in [5, 5.41) is 1.91. The Morgan fingerprint density at radius 3 is 2.10 bits per heavy atom. The Morgan fingerprint density at radius 1 is 1.25 bits per heavy atom. The number of hydrogen-bond acceptors (Lipinski definition) is 3. The molecular weight excluding hydrogens is 290 g/mol. The first kappa shape index (κ1) is 16.5. The van der Waals surface area contributed by atoms with Crippen molar-refractivity contribution in [1.82, 2.24) is 5.32 Å². The van der Waals surface area contributed by atoms with E-state index in [4.69, 9.17) is 0 Å². The van der Waals surface area contributed by atoms with Crippen molar-refractivity contribution in [2.45, 2.75) is 38.8 Å². The zero-order chi connectivity index (χ0) is 15.9. The van der Waals surface area contributed by atoms with Crippen LogP contribution in [0.25, 0.3) is 0 Å². The van der Waals surface area contributed by atoms with E-state index in [1.165, 1.54) is 6.92 Å². The van der Waals surface area contributed by atoms with Crippen molar-refractivity contribution in [1.29, 1.82) is 0 Å². The van der Waals surface area contributed by atoms with Crippen LogP contribution in [-0.2, 0) is 4.79 Å². The van der Waals surface area contributed by atoms with E-state index in [9.17, 15) is 31.1 Å². The number of carbonyl (C=O) groups excluding carboxylic acids is 1. The van der Waals surface area contributed by atoms with Crippen molar-refractivity contribution in [2.24, 2.45) is 10.9 Å². The minimum absolute atomic E-state index is 0.342. The Morgan fingerprint density at radius 2 is 1.75 bits per heavy atom. The van der Waals surface area contributed by atoms with Gasteiger partial charge in [0.1, 0.15) is 11.4 Å². The maximum absolute atomic E-state index is 12.8. The minimum Gasteiger partial charge on any atom is -0.357 e. The topological polar surface area (TPSA) is 41.5 Å². The molecule has 20 heavy (non-hydrogen) atoms. The number of alkyl halides is 6. The summed E-state index contributed by atoms with van der Waals surface area (Å²) in [6.45, 7) is 4.40. The lowest BCUT2D eigenvalue weighted by Gasteiger charge is -2.36. The van der Waals surface area contributed by atoms with Crippen molar-refractivity contribution in [3.63, 3.8) is 0 Å².